The van der Waals surface area contributed by atoms with E-state index in [1.807, 2.05) is 0 Å². The maximum atomic E-state index is 9.83. The Morgan fingerprint density at radius 3 is 3.20 bits per heavy atom. The molecule has 0 aromatic carbocycles. The van der Waals surface area contributed by atoms with Crippen molar-refractivity contribution in [1.29, 1.82) is 0 Å². The molecule has 2 atom stereocenters. The lowest BCUT2D eigenvalue weighted by Gasteiger charge is -2.14. The van der Waals surface area contributed by atoms with E-state index in [2.05, 4.69) is 16.8 Å². The predicted octanol–water partition coefficient (Wildman–Crippen LogP) is 2.61. The van der Waals surface area contributed by atoms with Crippen LogP contribution in [-0.2, 0) is 11.2 Å². The van der Waals surface area contributed by atoms with Crippen LogP contribution < -0.4 is 0 Å². The summed E-state index contributed by atoms with van der Waals surface area (Å²) >= 11 is 1.72. The Morgan fingerprint density at radius 2 is 2.53 bits per heavy atom. The Morgan fingerprint density at radius 1 is 1.60 bits per heavy atom. The fraction of sp³-hybridized carbons (Fsp3) is 0.667. The molecule has 0 aliphatic carbocycles. The summed E-state index contributed by atoms with van der Waals surface area (Å²) in [7, 11) is 0. The molecule has 2 nitrogen and oxygen atoms in total. The predicted molar refractivity (Wildman–Crippen MR) is 62.2 cm³/mol. The molecule has 1 aliphatic rings. The molecule has 3 heteroatoms. The zero-order valence-corrected chi connectivity index (χ0v) is 9.71. The lowest BCUT2D eigenvalue weighted by Crippen LogP contribution is -2.17. The summed E-state index contributed by atoms with van der Waals surface area (Å²) in [6, 6.07) is 2.13. The molecule has 2 unspecified atom stereocenters. The number of hydrogen-bond acceptors (Lipinski definition) is 3. The number of aryl methyl sites for hydroxylation is 1. The Bertz CT molecular complexity index is 265. The summed E-state index contributed by atoms with van der Waals surface area (Å²) in [5, 5.41) is 14.1. The molecule has 1 aromatic heterocycles. The zero-order valence-electron chi connectivity index (χ0n) is 8.89. The van der Waals surface area contributed by atoms with Crippen LogP contribution in [0, 0.1) is 0 Å². The van der Waals surface area contributed by atoms with Crippen LogP contribution in [0.25, 0.3) is 0 Å². The van der Waals surface area contributed by atoms with E-state index in [0.29, 0.717) is 6.10 Å². The van der Waals surface area contributed by atoms with Crippen LogP contribution in [0.4, 0.5) is 0 Å². The van der Waals surface area contributed by atoms with Gasteiger partial charge in [-0.2, -0.15) is 11.3 Å². The smallest absolute Gasteiger partial charge is 0.0600 e. The Hall–Kier alpha value is -0.380. The van der Waals surface area contributed by atoms with Crippen molar-refractivity contribution in [1.82, 2.24) is 0 Å². The Labute approximate surface area is 94.9 Å². The third kappa shape index (κ3) is 3.59. The largest absolute Gasteiger partial charge is 0.393 e. The van der Waals surface area contributed by atoms with Gasteiger partial charge in [0.25, 0.3) is 0 Å². The minimum atomic E-state index is -0.201. The van der Waals surface area contributed by atoms with Crippen molar-refractivity contribution in [3.63, 3.8) is 0 Å². The van der Waals surface area contributed by atoms with Gasteiger partial charge in [0.15, 0.2) is 0 Å². The molecule has 0 radical (unpaired) electrons. The quantitative estimate of drug-likeness (QED) is 0.836. The average Bonchev–Trinajstić information content (AvgIpc) is 2.86. The van der Waals surface area contributed by atoms with Gasteiger partial charge in [0.05, 0.1) is 12.2 Å². The monoisotopic (exact) mass is 226 g/mol. The number of ether oxygens (including phenoxy) is 1. The summed E-state index contributed by atoms with van der Waals surface area (Å²) in [6.07, 6.45) is 5.03. The minimum absolute atomic E-state index is 0.201. The van der Waals surface area contributed by atoms with E-state index in [1.165, 1.54) is 5.56 Å². The molecule has 1 N–H and O–H groups in total. The first-order valence-electron chi connectivity index (χ1n) is 5.65. The van der Waals surface area contributed by atoms with Gasteiger partial charge in [-0.1, -0.05) is 0 Å². The maximum Gasteiger partial charge on any atom is 0.0600 e. The zero-order chi connectivity index (χ0) is 10.5. The van der Waals surface area contributed by atoms with Crippen molar-refractivity contribution >= 4 is 11.3 Å². The van der Waals surface area contributed by atoms with Gasteiger partial charge in [-0.3, -0.25) is 0 Å². The van der Waals surface area contributed by atoms with Crippen LogP contribution in [0.3, 0.4) is 0 Å². The third-order valence-corrected chi connectivity index (χ3v) is 3.64. The molecule has 1 aliphatic heterocycles. The van der Waals surface area contributed by atoms with Gasteiger partial charge in [-0.05, 0) is 54.5 Å². The van der Waals surface area contributed by atoms with Crippen LogP contribution in [-0.4, -0.2) is 23.9 Å². The van der Waals surface area contributed by atoms with E-state index in [-0.39, 0.29) is 6.10 Å². The van der Waals surface area contributed by atoms with Gasteiger partial charge in [0, 0.05) is 6.61 Å². The SMILES string of the molecule is OC(CCc1ccsc1)CC1CCCO1. The van der Waals surface area contributed by atoms with E-state index >= 15 is 0 Å². The van der Waals surface area contributed by atoms with E-state index in [9.17, 15) is 5.11 Å². The second kappa shape index (κ2) is 5.64. The van der Waals surface area contributed by atoms with Crippen molar-refractivity contribution in [3.05, 3.63) is 22.4 Å². The molecule has 0 spiro atoms. The van der Waals surface area contributed by atoms with Crippen molar-refractivity contribution in [2.24, 2.45) is 0 Å². The molecule has 0 saturated carbocycles. The molecule has 1 aromatic rings. The van der Waals surface area contributed by atoms with Crippen molar-refractivity contribution < 1.29 is 9.84 Å². The highest BCUT2D eigenvalue weighted by molar-refractivity contribution is 7.07. The fourth-order valence-corrected chi connectivity index (χ4v) is 2.72. The second-order valence-electron chi connectivity index (χ2n) is 4.19. The molecule has 1 saturated heterocycles. The lowest BCUT2D eigenvalue weighted by atomic mass is 10.0. The average molecular weight is 226 g/mol. The van der Waals surface area contributed by atoms with Gasteiger partial charge in [0.1, 0.15) is 0 Å². The number of thiophene rings is 1. The number of hydrogen-bond donors (Lipinski definition) is 1. The highest BCUT2D eigenvalue weighted by atomic mass is 32.1. The van der Waals surface area contributed by atoms with E-state index in [0.717, 1.165) is 38.7 Å². The van der Waals surface area contributed by atoms with Gasteiger partial charge < -0.3 is 9.84 Å². The molecule has 2 heterocycles. The van der Waals surface area contributed by atoms with Crippen LogP contribution in [0.15, 0.2) is 16.8 Å². The Kier molecular flexibility index (Phi) is 4.18. The van der Waals surface area contributed by atoms with Gasteiger partial charge in [-0.25, -0.2) is 0 Å². The third-order valence-electron chi connectivity index (χ3n) is 2.91. The molecule has 1 fully saturated rings. The highest BCUT2D eigenvalue weighted by Gasteiger charge is 2.19. The molecule has 84 valence electrons. The van der Waals surface area contributed by atoms with Crippen molar-refractivity contribution in [3.8, 4) is 0 Å². The van der Waals surface area contributed by atoms with E-state index in [4.69, 9.17) is 4.74 Å². The topological polar surface area (TPSA) is 29.5 Å². The summed E-state index contributed by atoms with van der Waals surface area (Å²) in [5.74, 6) is 0. The van der Waals surface area contributed by atoms with E-state index < -0.39 is 0 Å². The molecule has 2 rings (SSSR count). The summed E-state index contributed by atoms with van der Waals surface area (Å²) in [5.41, 5.74) is 1.34. The first-order valence-corrected chi connectivity index (χ1v) is 6.59. The minimum Gasteiger partial charge on any atom is -0.393 e. The molecule has 15 heavy (non-hydrogen) atoms. The summed E-state index contributed by atoms with van der Waals surface area (Å²) in [6.45, 7) is 0.877. The standard InChI is InChI=1S/C12H18O2S/c13-11(8-12-2-1-6-14-12)4-3-10-5-7-15-9-10/h5,7,9,11-13H,1-4,6,8H2. The fourth-order valence-electron chi connectivity index (χ4n) is 2.02. The Balaban J connectivity index is 1.66. The molecular weight excluding hydrogens is 208 g/mol. The lowest BCUT2D eigenvalue weighted by molar-refractivity contribution is 0.0508. The maximum absolute atomic E-state index is 9.83. The highest BCUT2D eigenvalue weighted by Crippen LogP contribution is 2.19. The van der Waals surface area contributed by atoms with Crippen LogP contribution in [0.1, 0.15) is 31.2 Å². The number of rotatable bonds is 5. The molecular formula is C12H18O2S. The van der Waals surface area contributed by atoms with Crippen LogP contribution >= 0.6 is 11.3 Å². The van der Waals surface area contributed by atoms with Crippen molar-refractivity contribution in [2.45, 2.75) is 44.3 Å². The number of aliphatic hydroxyl groups is 1. The first kappa shape index (κ1) is 11.1. The van der Waals surface area contributed by atoms with Gasteiger partial charge in [0.2, 0.25) is 0 Å². The second-order valence-corrected chi connectivity index (χ2v) is 4.97. The normalized spacial score (nSPS) is 23.1. The van der Waals surface area contributed by atoms with Crippen LogP contribution in [0.5, 0.6) is 0 Å². The van der Waals surface area contributed by atoms with Crippen LogP contribution in [0.2, 0.25) is 0 Å². The number of aliphatic hydroxyl groups excluding tert-OH is 1. The molecule has 0 bridgehead atoms. The molecule has 0 amide bonds. The summed E-state index contributed by atoms with van der Waals surface area (Å²) in [4.78, 5) is 0. The van der Waals surface area contributed by atoms with Gasteiger partial charge >= 0.3 is 0 Å². The first-order chi connectivity index (χ1) is 7.34. The van der Waals surface area contributed by atoms with Gasteiger partial charge in [-0.15, -0.1) is 0 Å². The van der Waals surface area contributed by atoms with Crippen molar-refractivity contribution in [2.75, 3.05) is 6.61 Å². The van der Waals surface area contributed by atoms with E-state index in [1.54, 1.807) is 11.3 Å². The summed E-state index contributed by atoms with van der Waals surface area (Å²) < 4.78 is 5.50.